The number of hydrogen-bond donors (Lipinski definition) is 1. The van der Waals surface area contributed by atoms with Crippen molar-refractivity contribution in [2.24, 2.45) is 0 Å². The molecule has 0 unspecified atom stereocenters. The zero-order valence-corrected chi connectivity index (χ0v) is 19.4. The summed E-state index contributed by atoms with van der Waals surface area (Å²) in [7, 11) is 0. The van der Waals surface area contributed by atoms with Crippen LogP contribution in [0.1, 0.15) is 0 Å². The highest BCUT2D eigenvalue weighted by Crippen LogP contribution is 2.34. The van der Waals surface area contributed by atoms with Crippen LogP contribution in [0.3, 0.4) is 0 Å². The lowest BCUT2D eigenvalue weighted by atomic mass is 10.1. The van der Waals surface area contributed by atoms with E-state index in [0.717, 1.165) is 13.1 Å². The first kappa shape index (κ1) is 22.0. The smallest absolute Gasteiger partial charge is 0.228 e. The Balaban J connectivity index is 1.43. The Morgan fingerprint density at radius 1 is 0.694 bits per heavy atom. The normalized spacial score (nSPS) is 13.9. The predicted molar refractivity (Wildman–Crippen MR) is 137 cm³/mol. The van der Waals surface area contributed by atoms with Gasteiger partial charge >= 0.3 is 0 Å². The lowest BCUT2D eigenvalue weighted by Crippen LogP contribution is -2.47. The Kier molecular flexibility index (Phi) is 5.44. The number of nitrogen functional groups attached to an aromatic ring is 1. The van der Waals surface area contributed by atoms with Crippen molar-refractivity contribution >= 4 is 28.5 Å². The van der Waals surface area contributed by atoms with Crippen LogP contribution >= 0.6 is 0 Å². The zero-order chi connectivity index (χ0) is 24.6. The fourth-order valence-electron chi connectivity index (χ4n) is 4.59. The van der Waals surface area contributed by atoms with E-state index in [-0.39, 0.29) is 11.6 Å². The summed E-state index contributed by atoms with van der Waals surface area (Å²) in [5.74, 6) is -0.0260. The van der Waals surface area contributed by atoms with E-state index >= 15 is 0 Å². The summed E-state index contributed by atoms with van der Waals surface area (Å²) in [6.45, 7) is 3.04. The zero-order valence-electron chi connectivity index (χ0n) is 19.4. The van der Waals surface area contributed by atoms with Gasteiger partial charge in [0.25, 0.3) is 0 Å². The maximum Gasteiger partial charge on any atom is 0.228 e. The summed E-state index contributed by atoms with van der Waals surface area (Å²) in [5, 5.41) is 5.09. The molecule has 180 valence electrons. The second-order valence-electron chi connectivity index (χ2n) is 8.67. The van der Waals surface area contributed by atoms with Gasteiger partial charge in [-0.25, -0.2) is 18.4 Å². The molecule has 6 rings (SSSR count). The quantitative estimate of drug-likeness (QED) is 0.400. The van der Waals surface area contributed by atoms with E-state index in [1.165, 1.54) is 34.6 Å². The molecule has 36 heavy (non-hydrogen) atoms. The van der Waals surface area contributed by atoms with Crippen LogP contribution in [0.4, 0.5) is 26.2 Å². The minimum Gasteiger partial charge on any atom is -0.383 e. The monoisotopic (exact) mass is 483 g/mol. The van der Waals surface area contributed by atoms with Gasteiger partial charge in [-0.3, -0.25) is 0 Å². The van der Waals surface area contributed by atoms with Gasteiger partial charge in [0.15, 0.2) is 5.65 Å². The molecule has 1 aliphatic heterocycles. The average Bonchev–Trinajstić information content (AvgIpc) is 3.25. The van der Waals surface area contributed by atoms with Crippen LogP contribution in [0, 0.1) is 11.6 Å². The Bertz CT molecular complexity index is 1540. The van der Waals surface area contributed by atoms with Gasteiger partial charge < -0.3 is 15.5 Å². The third kappa shape index (κ3) is 3.98. The number of nitrogens with zero attached hydrogens (tertiary/aromatic N) is 6. The number of para-hydroxylation sites is 1. The lowest BCUT2D eigenvalue weighted by Gasteiger charge is -2.36. The van der Waals surface area contributed by atoms with Crippen LogP contribution in [0.15, 0.2) is 78.9 Å². The molecule has 1 aliphatic rings. The molecule has 0 aliphatic carbocycles. The van der Waals surface area contributed by atoms with Gasteiger partial charge in [-0.15, -0.1) is 5.10 Å². The molecule has 5 aromatic rings. The third-order valence-electron chi connectivity index (χ3n) is 6.39. The molecule has 2 aromatic heterocycles. The Labute approximate surface area is 206 Å². The topological polar surface area (TPSA) is 76.1 Å². The first-order valence-corrected chi connectivity index (χ1v) is 11.7. The summed E-state index contributed by atoms with van der Waals surface area (Å²) >= 11 is 0. The second kappa shape index (κ2) is 8.92. The van der Waals surface area contributed by atoms with Crippen LogP contribution in [-0.2, 0) is 0 Å². The molecule has 1 fully saturated rings. The minimum absolute atomic E-state index is 0.260. The average molecular weight is 484 g/mol. The summed E-state index contributed by atoms with van der Waals surface area (Å²) < 4.78 is 29.5. The molecule has 0 saturated carbocycles. The molecule has 9 heteroatoms. The molecule has 3 heterocycles. The van der Waals surface area contributed by atoms with Gasteiger partial charge in [-0.1, -0.05) is 36.4 Å². The number of benzene rings is 3. The van der Waals surface area contributed by atoms with Crippen molar-refractivity contribution in [1.29, 1.82) is 0 Å². The van der Waals surface area contributed by atoms with Crippen molar-refractivity contribution in [3.63, 3.8) is 0 Å². The predicted octanol–water partition coefficient (Wildman–Crippen LogP) is 4.67. The van der Waals surface area contributed by atoms with Crippen molar-refractivity contribution in [3.8, 4) is 16.9 Å². The number of halogens is 2. The number of hydrogen-bond acceptors (Lipinski definition) is 6. The van der Waals surface area contributed by atoms with Crippen LogP contribution < -0.4 is 15.5 Å². The molecule has 3 aromatic carbocycles. The van der Waals surface area contributed by atoms with Crippen molar-refractivity contribution in [2.45, 2.75) is 0 Å². The largest absolute Gasteiger partial charge is 0.383 e. The van der Waals surface area contributed by atoms with E-state index < -0.39 is 5.82 Å². The van der Waals surface area contributed by atoms with Crippen LogP contribution in [-0.4, -0.2) is 45.9 Å². The van der Waals surface area contributed by atoms with Gasteiger partial charge in [-0.05, 0) is 42.5 Å². The molecular weight excluding hydrogens is 460 g/mol. The molecular formula is C27H23F2N7. The van der Waals surface area contributed by atoms with E-state index in [9.17, 15) is 8.78 Å². The summed E-state index contributed by atoms with van der Waals surface area (Å²) in [4.78, 5) is 14.0. The van der Waals surface area contributed by atoms with E-state index in [1.807, 2.05) is 18.2 Å². The Morgan fingerprint density at radius 2 is 1.36 bits per heavy atom. The lowest BCUT2D eigenvalue weighted by molar-refractivity contribution is 0.625. The van der Waals surface area contributed by atoms with Crippen molar-refractivity contribution in [3.05, 3.63) is 90.5 Å². The highest BCUT2D eigenvalue weighted by atomic mass is 19.1. The Morgan fingerprint density at radius 3 is 2.08 bits per heavy atom. The second-order valence-corrected chi connectivity index (χ2v) is 8.67. The van der Waals surface area contributed by atoms with E-state index in [2.05, 4.69) is 27.0 Å². The van der Waals surface area contributed by atoms with E-state index in [4.69, 9.17) is 15.7 Å². The number of aromatic nitrogens is 4. The highest BCUT2D eigenvalue weighted by molar-refractivity contribution is 5.99. The highest BCUT2D eigenvalue weighted by Gasteiger charge is 2.24. The number of fused-ring (bicyclic) bond motifs is 1. The van der Waals surface area contributed by atoms with Gasteiger partial charge in [-0.2, -0.15) is 4.98 Å². The Hall–Kier alpha value is -4.53. The molecule has 0 spiro atoms. The third-order valence-corrected chi connectivity index (χ3v) is 6.39. The SMILES string of the molecule is Nc1c2c(-c3cccc(F)c3)nc(N3CCN(c4ccccc4)CC3)nc2nn1-c1cccc(F)c1. The fraction of sp³-hybridized carbons (Fsp3) is 0.148. The molecule has 1 saturated heterocycles. The molecule has 0 atom stereocenters. The van der Waals surface area contributed by atoms with Gasteiger partial charge in [0.2, 0.25) is 5.95 Å². The van der Waals surface area contributed by atoms with Crippen molar-refractivity contribution in [1.82, 2.24) is 19.7 Å². The van der Waals surface area contributed by atoms with Gasteiger partial charge in [0, 0.05) is 37.4 Å². The molecule has 0 amide bonds. The number of nitrogens with two attached hydrogens (primary N) is 1. The molecule has 2 N–H and O–H groups in total. The first-order chi connectivity index (χ1) is 17.6. The van der Waals surface area contributed by atoms with Gasteiger partial charge in [0.1, 0.15) is 17.5 Å². The first-order valence-electron chi connectivity index (χ1n) is 11.7. The molecule has 7 nitrogen and oxygen atoms in total. The number of piperazine rings is 1. The van der Waals surface area contributed by atoms with Gasteiger partial charge in [0.05, 0.1) is 16.8 Å². The minimum atomic E-state index is -0.403. The number of rotatable bonds is 4. The standard InChI is InChI=1S/C27H23F2N7/c28-19-7-4-6-18(16-19)24-23-25(30)36(22-11-5-8-20(29)17-22)33-26(23)32-27(31-24)35-14-12-34(13-15-35)21-9-2-1-3-10-21/h1-11,16-17H,12-15,30H2. The maximum atomic E-state index is 14.2. The fourth-order valence-corrected chi connectivity index (χ4v) is 4.59. The summed E-state index contributed by atoms with van der Waals surface area (Å²) in [6.07, 6.45) is 0. The van der Waals surface area contributed by atoms with Crippen LogP contribution in [0.25, 0.3) is 28.0 Å². The maximum absolute atomic E-state index is 14.2. The van der Waals surface area contributed by atoms with E-state index in [0.29, 0.717) is 47.0 Å². The summed E-state index contributed by atoms with van der Waals surface area (Å²) in [5.41, 5.74) is 9.56. The van der Waals surface area contributed by atoms with Crippen molar-refractivity contribution < 1.29 is 8.78 Å². The van der Waals surface area contributed by atoms with E-state index in [1.54, 1.807) is 24.3 Å². The van der Waals surface area contributed by atoms with Crippen molar-refractivity contribution in [2.75, 3.05) is 41.7 Å². The van der Waals surface area contributed by atoms with Crippen LogP contribution in [0.2, 0.25) is 0 Å². The number of anilines is 3. The van der Waals surface area contributed by atoms with Crippen LogP contribution in [0.5, 0.6) is 0 Å². The molecule has 0 bridgehead atoms. The molecule has 0 radical (unpaired) electrons. The summed E-state index contributed by atoms with van der Waals surface area (Å²) in [6, 6.07) is 22.5.